The topological polar surface area (TPSA) is 76.1 Å². The first kappa shape index (κ1) is 46.9. The highest BCUT2D eigenvalue weighted by Crippen LogP contribution is 2.53. The number of carbonyl (C=O) groups excluding carboxylic acids is 2. The molecule has 1 aliphatic rings. The molecular formula is C44H85NO5. The fourth-order valence-corrected chi connectivity index (χ4v) is 7.48. The molecule has 6 heteroatoms. The van der Waals surface area contributed by atoms with Crippen molar-refractivity contribution in [2.45, 2.75) is 220 Å². The highest BCUT2D eigenvalue weighted by atomic mass is 16.5. The average Bonchev–Trinajstić information content (AvgIpc) is 3.87. The Bertz CT molecular complexity index is 758. The Labute approximate surface area is 311 Å². The van der Waals surface area contributed by atoms with Crippen molar-refractivity contribution in [2.24, 2.45) is 11.3 Å². The number of aliphatic hydroxyl groups is 1. The molecule has 1 N–H and O–H groups in total. The van der Waals surface area contributed by atoms with Gasteiger partial charge in [-0.25, -0.2) is 0 Å². The monoisotopic (exact) mass is 708 g/mol. The second kappa shape index (κ2) is 33.7. The number of hydrogen-bond donors (Lipinski definition) is 1. The number of nitrogens with zero attached hydrogens (tertiary/aromatic N) is 1. The maximum Gasteiger partial charge on any atom is 0.306 e. The molecule has 0 unspecified atom stereocenters. The van der Waals surface area contributed by atoms with E-state index in [1.165, 1.54) is 135 Å². The van der Waals surface area contributed by atoms with E-state index in [4.69, 9.17) is 9.47 Å². The van der Waals surface area contributed by atoms with Gasteiger partial charge in [-0.2, -0.15) is 0 Å². The summed E-state index contributed by atoms with van der Waals surface area (Å²) in [4.78, 5) is 27.2. The van der Waals surface area contributed by atoms with Crippen LogP contribution in [0.4, 0.5) is 0 Å². The first-order chi connectivity index (χ1) is 24.5. The Morgan fingerprint density at radius 2 is 1.06 bits per heavy atom. The summed E-state index contributed by atoms with van der Waals surface area (Å²) in [6.45, 7) is 11.0. The number of carbonyl (C=O) groups is 2. The van der Waals surface area contributed by atoms with Crippen molar-refractivity contribution < 1.29 is 24.2 Å². The van der Waals surface area contributed by atoms with Crippen molar-refractivity contribution in [1.29, 1.82) is 0 Å². The lowest BCUT2D eigenvalue weighted by Gasteiger charge is -2.21. The van der Waals surface area contributed by atoms with Crippen molar-refractivity contribution in [3.63, 3.8) is 0 Å². The molecule has 6 nitrogen and oxygen atoms in total. The van der Waals surface area contributed by atoms with Crippen LogP contribution in [0.5, 0.6) is 0 Å². The van der Waals surface area contributed by atoms with Crippen LogP contribution in [0.1, 0.15) is 220 Å². The van der Waals surface area contributed by atoms with Crippen molar-refractivity contribution in [2.75, 3.05) is 39.5 Å². The van der Waals surface area contributed by atoms with Gasteiger partial charge in [-0.15, -0.1) is 0 Å². The van der Waals surface area contributed by atoms with Gasteiger partial charge in [0.2, 0.25) is 0 Å². The first-order valence-corrected chi connectivity index (χ1v) is 22.1. The van der Waals surface area contributed by atoms with Gasteiger partial charge in [0.15, 0.2) is 0 Å². The molecule has 1 saturated carbocycles. The van der Waals surface area contributed by atoms with Gasteiger partial charge >= 0.3 is 11.9 Å². The van der Waals surface area contributed by atoms with Gasteiger partial charge in [0, 0.05) is 13.0 Å². The van der Waals surface area contributed by atoms with Gasteiger partial charge in [-0.1, -0.05) is 156 Å². The van der Waals surface area contributed by atoms with Crippen LogP contribution in [0.2, 0.25) is 0 Å². The van der Waals surface area contributed by atoms with E-state index in [1.807, 2.05) is 0 Å². The zero-order valence-corrected chi connectivity index (χ0v) is 33.8. The maximum absolute atomic E-state index is 12.8. The SMILES string of the molecule is CCCCCCCCCOC(=O)CCCCCCCN(CCO)CCCCCC1(CC(=O)OCCC(CCCCCC)CCCCCC)CC1. The molecule has 0 aromatic rings. The molecule has 0 aromatic heterocycles. The van der Waals surface area contributed by atoms with Crippen LogP contribution in [0.15, 0.2) is 0 Å². The van der Waals surface area contributed by atoms with Crippen molar-refractivity contribution in [1.82, 2.24) is 4.90 Å². The summed E-state index contributed by atoms with van der Waals surface area (Å²) in [7, 11) is 0. The molecule has 0 bridgehead atoms. The van der Waals surface area contributed by atoms with Crippen LogP contribution in [-0.4, -0.2) is 61.4 Å². The van der Waals surface area contributed by atoms with Gasteiger partial charge in [-0.05, 0) is 75.8 Å². The molecule has 1 fully saturated rings. The van der Waals surface area contributed by atoms with Crippen LogP contribution in [-0.2, 0) is 19.1 Å². The second-order valence-corrected chi connectivity index (χ2v) is 16.0. The summed E-state index contributed by atoms with van der Waals surface area (Å²) in [6.07, 6.45) is 36.5. The van der Waals surface area contributed by atoms with Crippen molar-refractivity contribution >= 4 is 11.9 Å². The number of unbranched alkanes of at least 4 members (excludes halogenated alkanes) is 18. The second-order valence-electron chi connectivity index (χ2n) is 16.0. The molecule has 0 saturated heterocycles. The zero-order valence-electron chi connectivity index (χ0n) is 33.8. The molecule has 0 aromatic carbocycles. The highest BCUT2D eigenvalue weighted by molar-refractivity contribution is 5.70. The molecule has 296 valence electrons. The lowest BCUT2D eigenvalue weighted by atomic mass is 9.92. The van der Waals surface area contributed by atoms with Gasteiger partial charge in [0.1, 0.15) is 0 Å². The smallest absolute Gasteiger partial charge is 0.306 e. The summed E-state index contributed by atoms with van der Waals surface area (Å²) >= 11 is 0. The molecule has 0 heterocycles. The van der Waals surface area contributed by atoms with Crippen LogP contribution in [0.25, 0.3) is 0 Å². The molecule has 0 amide bonds. The molecular weight excluding hydrogens is 622 g/mol. The van der Waals surface area contributed by atoms with Crippen LogP contribution < -0.4 is 0 Å². The fraction of sp³-hybridized carbons (Fsp3) is 0.955. The van der Waals surface area contributed by atoms with E-state index in [2.05, 4.69) is 25.7 Å². The number of esters is 2. The van der Waals surface area contributed by atoms with E-state index in [9.17, 15) is 14.7 Å². The van der Waals surface area contributed by atoms with Crippen LogP contribution in [0, 0.1) is 11.3 Å². The Balaban J connectivity index is 2.10. The fourth-order valence-electron chi connectivity index (χ4n) is 7.48. The predicted octanol–water partition coefficient (Wildman–Crippen LogP) is 12.1. The largest absolute Gasteiger partial charge is 0.466 e. The summed E-state index contributed by atoms with van der Waals surface area (Å²) in [5.41, 5.74) is 0.214. The number of hydrogen-bond acceptors (Lipinski definition) is 6. The zero-order chi connectivity index (χ0) is 36.4. The number of aliphatic hydroxyl groups excluding tert-OH is 1. The van der Waals surface area contributed by atoms with Gasteiger partial charge in [-0.3, -0.25) is 9.59 Å². The van der Waals surface area contributed by atoms with Gasteiger partial charge in [0.25, 0.3) is 0 Å². The molecule has 0 atom stereocenters. The van der Waals surface area contributed by atoms with Crippen molar-refractivity contribution in [3.05, 3.63) is 0 Å². The molecule has 50 heavy (non-hydrogen) atoms. The Kier molecular flexibility index (Phi) is 31.6. The minimum Gasteiger partial charge on any atom is -0.466 e. The van der Waals surface area contributed by atoms with E-state index in [0.29, 0.717) is 32.0 Å². The number of rotatable bonds is 39. The average molecular weight is 708 g/mol. The lowest BCUT2D eigenvalue weighted by molar-refractivity contribution is -0.146. The molecule has 0 spiro atoms. The summed E-state index contributed by atoms with van der Waals surface area (Å²) < 4.78 is 11.2. The molecule has 1 aliphatic carbocycles. The standard InChI is InChI=1S/C44H85NO5/c1-4-7-10-13-14-18-26-38-49-42(47)29-22-16-15-17-24-34-45(36-37-46)35-25-19-23-31-44(32-33-44)40-43(48)50-39-30-41(27-20-11-8-5-2)28-21-12-9-6-3/h41,46H,4-40H2,1-3H3. The van der Waals surface area contributed by atoms with Crippen LogP contribution in [0.3, 0.4) is 0 Å². The summed E-state index contributed by atoms with van der Waals surface area (Å²) in [5.74, 6) is 0.715. The normalized spacial score (nSPS) is 13.7. The van der Waals surface area contributed by atoms with E-state index in [-0.39, 0.29) is 24.0 Å². The third-order valence-corrected chi connectivity index (χ3v) is 11.2. The minimum absolute atomic E-state index is 0.0297. The van der Waals surface area contributed by atoms with E-state index >= 15 is 0 Å². The third-order valence-electron chi connectivity index (χ3n) is 11.2. The quantitative estimate of drug-likeness (QED) is 0.0506. The lowest BCUT2D eigenvalue weighted by Crippen LogP contribution is -2.29. The van der Waals surface area contributed by atoms with E-state index < -0.39 is 0 Å². The summed E-state index contributed by atoms with van der Waals surface area (Å²) in [5, 5.41) is 9.58. The Morgan fingerprint density at radius 1 is 0.560 bits per heavy atom. The minimum atomic E-state index is -0.0297. The maximum atomic E-state index is 12.8. The number of ether oxygens (including phenoxy) is 2. The molecule has 0 radical (unpaired) electrons. The Hall–Kier alpha value is -1.14. The van der Waals surface area contributed by atoms with Crippen molar-refractivity contribution in [3.8, 4) is 0 Å². The molecule has 1 rings (SSSR count). The first-order valence-electron chi connectivity index (χ1n) is 22.1. The third kappa shape index (κ3) is 28.4. The van der Waals surface area contributed by atoms with Gasteiger partial charge < -0.3 is 19.5 Å². The van der Waals surface area contributed by atoms with E-state index in [0.717, 1.165) is 71.0 Å². The predicted molar refractivity (Wildman–Crippen MR) is 212 cm³/mol. The molecule has 0 aliphatic heterocycles. The van der Waals surface area contributed by atoms with Crippen LogP contribution >= 0.6 is 0 Å². The van der Waals surface area contributed by atoms with Gasteiger partial charge in [0.05, 0.1) is 26.2 Å². The summed E-state index contributed by atoms with van der Waals surface area (Å²) in [6, 6.07) is 0. The Morgan fingerprint density at radius 3 is 1.64 bits per heavy atom. The van der Waals surface area contributed by atoms with E-state index in [1.54, 1.807) is 0 Å². The highest BCUT2D eigenvalue weighted by Gasteiger charge is 2.43.